The number of esters is 1. The maximum absolute atomic E-state index is 12.1. The molecule has 24 heavy (non-hydrogen) atoms. The van der Waals surface area contributed by atoms with Crippen LogP contribution in [0.3, 0.4) is 0 Å². The van der Waals surface area contributed by atoms with E-state index in [9.17, 15) is 9.59 Å². The Morgan fingerprint density at radius 1 is 1.17 bits per heavy atom. The van der Waals surface area contributed by atoms with E-state index in [0.29, 0.717) is 26.9 Å². The van der Waals surface area contributed by atoms with E-state index in [4.69, 9.17) is 27.9 Å². The van der Waals surface area contributed by atoms with Crippen molar-refractivity contribution in [3.63, 3.8) is 0 Å². The third kappa shape index (κ3) is 4.85. The van der Waals surface area contributed by atoms with Gasteiger partial charge in [0.25, 0.3) is 0 Å². The molecule has 0 unspecified atom stereocenters. The van der Waals surface area contributed by atoms with Gasteiger partial charge in [-0.25, -0.2) is 4.79 Å². The number of anilines is 1. The van der Waals surface area contributed by atoms with Crippen molar-refractivity contribution in [1.29, 1.82) is 0 Å². The summed E-state index contributed by atoms with van der Waals surface area (Å²) in [6.45, 7) is 1.98. The Labute approximate surface area is 150 Å². The summed E-state index contributed by atoms with van der Waals surface area (Å²) in [4.78, 5) is 24.0. The van der Waals surface area contributed by atoms with Gasteiger partial charge < -0.3 is 10.1 Å². The molecule has 2 rings (SSSR count). The van der Waals surface area contributed by atoms with Gasteiger partial charge >= 0.3 is 5.97 Å². The molecule has 0 saturated carbocycles. The van der Waals surface area contributed by atoms with Crippen molar-refractivity contribution in [2.75, 3.05) is 11.9 Å². The van der Waals surface area contributed by atoms with Crippen molar-refractivity contribution in [2.45, 2.75) is 6.92 Å². The van der Waals surface area contributed by atoms with Gasteiger partial charge in [-0.05, 0) is 42.8 Å². The molecule has 0 heterocycles. The third-order valence-corrected chi connectivity index (χ3v) is 3.62. The first-order valence-electron chi connectivity index (χ1n) is 7.21. The van der Waals surface area contributed by atoms with Crippen molar-refractivity contribution < 1.29 is 14.3 Å². The lowest BCUT2D eigenvalue weighted by Crippen LogP contribution is -2.13. The van der Waals surface area contributed by atoms with E-state index in [-0.39, 0.29) is 6.61 Å². The molecule has 0 bridgehead atoms. The van der Waals surface area contributed by atoms with E-state index in [1.165, 1.54) is 6.08 Å². The highest BCUT2D eigenvalue weighted by molar-refractivity contribution is 6.35. The first-order valence-corrected chi connectivity index (χ1v) is 7.97. The molecule has 0 radical (unpaired) electrons. The van der Waals surface area contributed by atoms with Crippen LogP contribution >= 0.6 is 23.2 Å². The largest absolute Gasteiger partial charge is 0.462 e. The van der Waals surface area contributed by atoms with Crippen LogP contribution in [0.1, 0.15) is 22.8 Å². The lowest BCUT2D eigenvalue weighted by Gasteiger charge is -2.08. The fraction of sp³-hybridized carbons (Fsp3) is 0.111. The second-order valence-electron chi connectivity index (χ2n) is 4.75. The quantitative estimate of drug-likeness (QED) is 0.611. The van der Waals surface area contributed by atoms with E-state index in [1.807, 2.05) is 0 Å². The molecule has 6 heteroatoms. The number of carbonyl (C=O) groups excluding carboxylic acids is 2. The molecule has 0 aromatic heterocycles. The molecular formula is C18H15Cl2NO3. The van der Waals surface area contributed by atoms with Crippen LogP contribution < -0.4 is 5.32 Å². The predicted octanol–water partition coefficient (Wildman–Crippen LogP) is 4.82. The van der Waals surface area contributed by atoms with Crippen molar-refractivity contribution in [2.24, 2.45) is 0 Å². The summed E-state index contributed by atoms with van der Waals surface area (Å²) in [5.74, 6) is -0.879. The second kappa shape index (κ2) is 8.52. The zero-order valence-corrected chi connectivity index (χ0v) is 14.4. The highest BCUT2D eigenvalue weighted by atomic mass is 35.5. The Kier molecular flexibility index (Phi) is 6.41. The average Bonchev–Trinajstić information content (AvgIpc) is 2.54. The van der Waals surface area contributed by atoms with E-state index in [2.05, 4.69) is 5.32 Å². The molecule has 2 aromatic rings. The fourth-order valence-corrected chi connectivity index (χ4v) is 2.43. The molecule has 124 valence electrons. The van der Waals surface area contributed by atoms with Crippen LogP contribution in [0.4, 0.5) is 5.69 Å². The summed E-state index contributed by atoms with van der Waals surface area (Å²) in [6, 6.07) is 11.6. The van der Waals surface area contributed by atoms with Crippen molar-refractivity contribution in [1.82, 2.24) is 0 Å². The van der Waals surface area contributed by atoms with Gasteiger partial charge in [-0.1, -0.05) is 41.4 Å². The maximum Gasteiger partial charge on any atom is 0.340 e. The molecule has 0 atom stereocenters. The molecule has 2 aromatic carbocycles. The summed E-state index contributed by atoms with van der Waals surface area (Å²) in [6.07, 6.45) is 2.90. The summed E-state index contributed by atoms with van der Waals surface area (Å²) >= 11 is 11.9. The summed E-state index contributed by atoms with van der Waals surface area (Å²) in [7, 11) is 0. The van der Waals surface area contributed by atoms with Crippen molar-refractivity contribution >= 4 is 46.8 Å². The molecule has 0 aliphatic carbocycles. The van der Waals surface area contributed by atoms with E-state index in [0.717, 1.165) is 0 Å². The van der Waals surface area contributed by atoms with Crippen molar-refractivity contribution in [3.8, 4) is 0 Å². The number of para-hydroxylation sites is 1. The van der Waals surface area contributed by atoms with Crippen LogP contribution in [0, 0.1) is 0 Å². The van der Waals surface area contributed by atoms with Gasteiger partial charge in [0.2, 0.25) is 5.91 Å². The van der Waals surface area contributed by atoms with Gasteiger partial charge in [0, 0.05) is 16.1 Å². The molecular weight excluding hydrogens is 349 g/mol. The predicted molar refractivity (Wildman–Crippen MR) is 96.5 cm³/mol. The topological polar surface area (TPSA) is 55.4 Å². The van der Waals surface area contributed by atoms with Gasteiger partial charge in [-0.2, -0.15) is 0 Å². The molecule has 1 amide bonds. The normalized spacial score (nSPS) is 10.6. The number of halogens is 2. The van der Waals surface area contributed by atoms with E-state index in [1.54, 1.807) is 55.5 Å². The first-order chi connectivity index (χ1) is 11.5. The Bertz CT molecular complexity index is 788. The second-order valence-corrected chi connectivity index (χ2v) is 5.60. The van der Waals surface area contributed by atoms with E-state index < -0.39 is 11.9 Å². The zero-order chi connectivity index (χ0) is 17.5. The summed E-state index contributed by atoms with van der Waals surface area (Å²) < 4.78 is 4.97. The number of hydrogen-bond acceptors (Lipinski definition) is 3. The number of amides is 1. The number of carbonyl (C=O) groups is 2. The van der Waals surface area contributed by atoms with Crippen LogP contribution in [-0.2, 0) is 9.53 Å². The smallest absolute Gasteiger partial charge is 0.340 e. The number of benzene rings is 2. The molecule has 4 nitrogen and oxygen atoms in total. The number of rotatable bonds is 5. The highest BCUT2D eigenvalue weighted by Crippen LogP contribution is 2.22. The molecule has 0 spiro atoms. The lowest BCUT2D eigenvalue weighted by molar-refractivity contribution is -0.111. The minimum Gasteiger partial charge on any atom is -0.462 e. The number of hydrogen-bond donors (Lipinski definition) is 1. The standard InChI is InChI=1S/C18H15Cl2NO3/c1-2-24-18(23)14-5-3-4-6-16(14)21-17(22)10-8-12-7-9-13(19)11-15(12)20/h3-11H,2H2,1H3,(H,21,22)/b10-8+. The molecule has 0 saturated heterocycles. The number of ether oxygens (including phenoxy) is 1. The molecule has 0 fully saturated rings. The monoisotopic (exact) mass is 363 g/mol. The highest BCUT2D eigenvalue weighted by Gasteiger charge is 2.12. The number of nitrogens with one attached hydrogen (secondary N) is 1. The average molecular weight is 364 g/mol. The Morgan fingerprint density at radius 3 is 2.62 bits per heavy atom. The Morgan fingerprint density at radius 2 is 1.92 bits per heavy atom. The minimum atomic E-state index is -0.488. The fourth-order valence-electron chi connectivity index (χ4n) is 1.96. The van der Waals surface area contributed by atoms with Gasteiger partial charge in [-0.3, -0.25) is 4.79 Å². The lowest BCUT2D eigenvalue weighted by atomic mass is 10.1. The van der Waals surface area contributed by atoms with Gasteiger partial charge in [-0.15, -0.1) is 0 Å². The molecule has 0 aliphatic rings. The third-order valence-electron chi connectivity index (χ3n) is 3.06. The Hall–Kier alpha value is -2.30. The van der Waals surface area contributed by atoms with Crippen LogP contribution in [0.25, 0.3) is 6.08 Å². The van der Waals surface area contributed by atoms with Crippen LogP contribution in [0.15, 0.2) is 48.5 Å². The maximum atomic E-state index is 12.1. The van der Waals surface area contributed by atoms with Crippen LogP contribution in [0.2, 0.25) is 10.0 Å². The first kappa shape index (κ1) is 18.0. The van der Waals surface area contributed by atoms with Gasteiger partial charge in [0.1, 0.15) is 0 Å². The molecule has 1 N–H and O–H groups in total. The van der Waals surface area contributed by atoms with Crippen LogP contribution in [0.5, 0.6) is 0 Å². The minimum absolute atomic E-state index is 0.260. The summed E-state index contributed by atoms with van der Waals surface area (Å²) in [5, 5.41) is 3.62. The van der Waals surface area contributed by atoms with Gasteiger partial charge in [0.05, 0.1) is 17.9 Å². The molecule has 0 aliphatic heterocycles. The summed E-state index contributed by atoms with van der Waals surface area (Å²) in [5.41, 5.74) is 1.34. The van der Waals surface area contributed by atoms with Crippen LogP contribution in [-0.4, -0.2) is 18.5 Å². The van der Waals surface area contributed by atoms with Crippen molar-refractivity contribution in [3.05, 3.63) is 69.7 Å². The Balaban J connectivity index is 2.12. The zero-order valence-electron chi connectivity index (χ0n) is 12.9. The van der Waals surface area contributed by atoms with Gasteiger partial charge in [0.15, 0.2) is 0 Å². The van der Waals surface area contributed by atoms with E-state index >= 15 is 0 Å². The SMILES string of the molecule is CCOC(=O)c1ccccc1NC(=O)/C=C/c1ccc(Cl)cc1Cl.